The normalized spacial score (nSPS) is 11.8. The van der Waals surface area contributed by atoms with E-state index in [2.05, 4.69) is 4.74 Å². The summed E-state index contributed by atoms with van der Waals surface area (Å²) in [6, 6.07) is 9.37. The number of primary amides is 1. The van der Waals surface area contributed by atoms with Gasteiger partial charge in [-0.05, 0) is 32.8 Å². The fourth-order valence-corrected chi connectivity index (χ4v) is 1.24. The summed E-state index contributed by atoms with van der Waals surface area (Å²) < 4.78 is 4.58. The molecule has 0 bridgehead atoms. The molecule has 0 fully saturated rings. The van der Waals surface area contributed by atoms with Gasteiger partial charge in [-0.3, -0.25) is 0 Å². The van der Waals surface area contributed by atoms with Gasteiger partial charge in [-0.15, -0.1) is 0 Å². The molecular weight excluding hydrogens is 244 g/mol. The van der Waals surface area contributed by atoms with E-state index in [0.717, 1.165) is 11.8 Å². The lowest BCUT2D eigenvalue weighted by molar-refractivity contribution is -0.108. The first-order valence-electron chi connectivity index (χ1n) is 5.98. The lowest BCUT2D eigenvalue weighted by Crippen LogP contribution is -2.27. The van der Waals surface area contributed by atoms with Crippen molar-refractivity contribution in [3.63, 3.8) is 0 Å². The summed E-state index contributed by atoms with van der Waals surface area (Å²) >= 11 is 0. The summed E-state index contributed by atoms with van der Waals surface area (Å²) in [6.07, 6.45) is 0.676. The second kappa shape index (κ2) is 8.26. The molecule has 1 rings (SSSR count). The van der Waals surface area contributed by atoms with Crippen molar-refractivity contribution in [2.45, 2.75) is 38.8 Å². The summed E-state index contributed by atoms with van der Waals surface area (Å²) in [5.74, 6) is 0. The Labute approximate surface area is 113 Å². The maximum absolute atomic E-state index is 10.2. The number of aldehydes is 1. The Bertz CT molecular complexity index is 385. The van der Waals surface area contributed by atoms with E-state index in [1.54, 1.807) is 20.8 Å². The highest BCUT2D eigenvalue weighted by Crippen LogP contribution is 2.04. The Morgan fingerprint density at radius 1 is 1.32 bits per heavy atom. The molecule has 1 unspecified atom stereocenters. The van der Waals surface area contributed by atoms with Crippen LogP contribution in [-0.4, -0.2) is 24.0 Å². The van der Waals surface area contributed by atoms with Gasteiger partial charge in [0.25, 0.3) is 0 Å². The summed E-state index contributed by atoms with van der Waals surface area (Å²) in [6.45, 7) is 5.28. The van der Waals surface area contributed by atoms with Crippen molar-refractivity contribution >= 4 is 12.4 Å². The third-order valence-electron chi connectivity index (χ3n) is 1.90. The third-order valence-corrected chi connectivity index (χ3v) is 1.90. The summed E-state index contributed by atoms with van der Waals surface area (Å²) in [5, 5.41) is 0. The number of carbonyl (C=O) groups is 2. The highest BCUT2D eigenvalue weighted by Gasteiger charge is 2.12. The first-order chi connectivity index (χ1) is 8.74. The van der Waals surface area contributed by atoms with Crippen LogP contribution >= 0.6 is 0 Å². The van der Waals surface area contributed by atoms with Crippen LogP contribution in [0.1, 0.15) is 26.3 Å². The molecule has 0 radical (unpaired) electrons. The lowest BCUT2D eigenvalue weighted by atomic mass is 10.1. The predicted molar refractivity (Wildman–Crippen MR) is 74.6 cm³/mol. The monoisotopic (exact) mass is 266 g/mol. The summed E-state index contributed by atoms with van der Waals surface area (Å²) in [4.78, 5) is 20.2. The average Bonchev–Trinajstić information content (AvgIpc) is 2.27. The van der Waals surface area contributed by atoms with Crippen molar-refractivity contribution in [2.24, 2.45) is 11.5 Å². The second-order valence-electron chi connectivity index (χ2n) is 5.02. The number of nitrogens with two attached hydrogens (primary N) is 2. The third kappa shape index (κ3) is 11.0. The van der Waals surface area contributed by atoms with Crippen LogP contribution in [0.2, 0.25) is 0 Å². The zero-order valence-corrected chi connectivity index (χ0v) is 11.6. The van der Waals surface area contributed by atoms with Crippen molar-refractivity contribution in [3.8, 4) is 0 Å². The van der Waals surface area contributed by atoms with Crippen molar-refractivity contribution < 1.29 is 14.3 Å². The topological polar surface area (TPSA) is 95.4 Å². The number of hydrogen-bond acceptors (Lipinski definition) is 4. The Morgan fingerprint density at radius 2 is 1.84 bits per heavy atom. The summed E-state index contributed by atoms with van der Waals surface area (Å²) in [7, 11) is 0. The molecule has 1 amide bonds. The molecule has 4 N–H and O–H groups in total. The maximum atomic E-state index is 10.2. The Morgan fingerprint density at radius 3 is 2.16 bits per heavy atom. The van der Waals surface area contributed by atoms with Gasteiger partial charge in [-0.1, -0.05) is 30.3 Å². The minimum Gasteiger partial charge on any atom is -0.444 e. The first-order valence-corrected chi connectivity index (χ1v) is 5.98. The van der Waals surface area contributed by atoms with Crippen LogP contribution in [0.15, 0.2) is 30.3 Å². The smallest absolute Gasteiger partial charge is 0.405 e. The van der Waals surface area contributed by atoms with Crippen molar-refractivity contribution in [3.05, 3.63) is 35.9 Å². The molecule has 1 atom stereocenters. The lowest BCUT2D eigenvalue weighted by Gasteiger charge is -2.16. The molecule has 0 heterocycles. The van der Waals surface area contributed by atoms with Crippen molar-refractivity contribution in [1.82, 2.24) is 0 Å². The van der Waals surface area contributed by atoms with E-state index >= 15 is 0 Å². The van der Waals surface area contributed by atoms with E-state index < -0.39 is 11.7 Å². The van der Waals surface area contributed by atoms with Crippen LogP contribution in [-0.2, 0) is 16.0 Å². The fourth-order valence-electron chi connectivity index (χ4n) is 1.24. The molecule has 0 aliphatic rings. The standard InChI is InChI=1S/C9H11NO.C5H11NO2/c10-9(7-11)6-8-4-2-1-3-5-8;1-5(2,3)8-4(6)7/h1-5,7,9H,6,10H2;1-3H3,(H2,6,7). The first kappa shape index (κ1) is 17.1. The number of carbonyl (C=O) groups excluding carboxylic acids is 2. The van der Waals surface area contributed by atoms with Gasteiger partial charge in [-0.2, -0.15) is 0 Å². The Kier molecular flexibility index (Phi) is 7.44. The van der Waals surface area contributed by atoms with Gasteiger partial charge in [0, 0.05) is 0 Å². The Balaban J connectivity index is 0.000000362. The van der Waals surface area contributed by atoms with Crippen LogP contribution in [0.5, 0.6) is 0 Å². The molecular formula is C14H22N2O3. The van der Waals surface area contributed by atoms with Gasteiger partial charge in [0.15, 0.2) is 0 Å². The molecule has 106 valence electrons. The maximum Gasteiger partial charge on any atom is 0.405 e. The molecule has 5 heteroatoms. The molecule has 0 spiro atoms. The van der Waals surface area contributed by atoms with Gasteiger partial charge in [-0.25, -0.2) is 4.79 Å². The number of amides is 1. The van der Waals surface area contributed by atoms with Crippen molar-refractivity contribution in [1.29, 1.82) is 0 Å². The average molecular weight is 266 g/mol. The molecule has 19 heavy (non-hydrogen) atoms. The van der Waals surface area contributed by atoms with E-state index in [4.69, 9.17) is 11.5 Å². The van der Waals surface area contributed by atoms with E-state index in [0.29, 0.717) is 6.42 Å². The SMILES string of the molecule is CC(C)(C)OC(N)=O.NC(C=O)Cc1ccccc1. The minimum atomic E-state index is -0.725. The molecule has 0 saturated heterocycles. The van der Waals surface area contributed by atoms with E-state index in [9.17, 15) is 9.59 Å². The zero-order valence-electron chi connectivity index (χ0n) is 11.6. The number of ether oxygens (including phenoxy) is 1. The van der Waals surface area contributed by atoms with Crippen molar-refractivity contribution in [2.75, 3.05) is 0 Å². The predicted octanol–water partition coefficient (Wildman–Crippen LogP) is 1.64. The van der Waals surface area contributed by atoms with Crippen LogP contribution < -0.4 is 11.5 Å². The van der Waals surface area contributed by atoms with Crippen LogP contribution in [0, 0.1) is 0 Å². The van der Waals surface area contributed by atoms with Gasteiger partial charge in [0.2, 0.25) is 0 Å². The van der Waals surface area contributed by atoms with Gasteiger partial charge < -0.3 is 21.0 Å². The van der Waals surface area contributed by atoms with Gasteiger partial charge in [0.05, 0.1) is 6.04 Å². The molecule has 5 nitrogen and oxygen atoms in total. The van der Waals surface area contributed by atoms with E-state index in [-0.39, 0.29) is 6.04 Å². The number of hydrogen-bond donors (Lipinski definition) is 2. The molecule has 0 saturated carbocycles. The van der Waals surface area contributed by atoms with Crippen LogP contribution in [0.3, 0.4) is 0 Å². The van der Waals surface area contributed by atoms with E-state index in [1.165, 1.54) is 0 Å². The quantitative estimate of drug-likeness (QED) is 0.813. The van der Waals surface area contributed by atoms with Gasteiger partial charge in [0.1, 0.15) is 11.9 Å². The number of benzene rings is 1. The fraction of sp³-hybridized carbons (Fsp3) is 0.429. The van der Waals surface area contributed by atoms with Crippen LogP contribution in [0.25, 0.3) is 0 Å². The highest BCUT2D eigenvalue weighted by atomic mass is 16.6. The largest absolute Gasteiger partial charge is 0.444 e. The summed E-state index contributed by atoms with van der Waals surface area (Å²) in [5.41, 5.74) is 10.8. The minimum absolute atomic E-state index is 0.364. The molecule has 1 aromatic rings. The molecule has 0 aromatic heterocycles. The van der Waals surface area contributed by atoms with E-state index in [1.807, 2.05) is 30.3 Å². The zero-order chi connectivity index (χ0) is 14.9. The van der Waals surface area contributed by atoms with Crippen LogP contribution in [0.4, 0.5) is 4.79 Å². The molecule has 0 aliphatic carbocycles. The second-order valence-corrected chi connectivity index (χ2v) is 5.02. The number of rotatable bonds is 3. The molecule has 0 aliphatic heterocycles. The van der Waals surface area contributed by atoms with Gasteiger partial charge >= 0.3 is 6.09 Å². The molecule has 1 aromatic carbocycles. The highest BCUT2D eigenvalue weighted by molar-refractivity contribution is 5.65. The Hall–Kier alpha value is -1.88.